The van der Waals surface area contributed by atoms with E-state index in [0.717, 1.165) is 25.0 Å². The van der Waals surface area contributed by atoms with Crippen LogP contribution in [-0.4, -0.2) is 23.2 Å². The molecule has 2 atom stereocenters. The predicted octanol–water partition coefficient (Wildman–Crippen LogP) is 2.00. The van der Waals surface area contributed by atoms with Crippen LogP contribution in [0.1, 0.15) is 36.0 Å². The molecule has 2 unspecified atom stereocenters. The molecule has 2 N–H and O–H groups in total. The van der Waals surface area contributed by atoms with E-state index >= 15 is 0 Å². The molecule has 3 nitrogen and oxygen atoms in total. The summed E-state index contributed by atoms with van der Waals surface area (Å²) < 4.78 is 25.9. The van der Waals surface area contributed by atoms with Crippen LogP contribution < -0.4 is 5.32 Å². The molecule has 1 saturated carbocycles. The van der Waals surface area contributed by atoms with Crippen LogP contribution >= 0.6 is 0 Å². The normalized spacial score (nSPS) is 23.7. The molecule has 5 heteroatoms. The van der Waals surface area contributed by atoms with Crippen molar-refractivity contribution in [1.29, 1.82) is 0 Å². The van der Waals surface area contributed by atoms with Crippen molar-refractivity contribution in [3.8, 4) is 0 Å². The second kappa shape index (κ2) is 5.44. The van der Waals surface area contributed by atoms with Crippen molar-refractivity contribution in [1.82, 2.24) is 5.32 Å². The molecule has 0 aromatic heterocycles. The van der Waals surface area contributed by atoms with Gasteiger partial charge in [0.15, 0.2) is 0 Å². The minimum atomic E-state index is -0.788. The van der Waals surface area contributed by atoms with Gasteiger partial charge in [0.1, 0.15) is 11.6 Å². The van der Waals surface area contributed by atoms with E-state index in [4.69, 9.17) is 0 Å². The van der Waals surface area contributed by atoms with Gasteiger partial charge >= 0.3 is 0 Å². The largest absolute Gasteiger partial charge is 0.391 e. The summed E-state index contributed by atoms with van der Waals surface area (Å²) in [5.41, 5.74) is -0.0646. The zero-order valence-corrected chi connectivity index (χ0v) is 9.83. The number of carbonyl (C=O) groups is 1. The number of hydrogen-bond donors (Lipinski definition) is 2. The van der Waals surface area contributed by atoms with E-state index in [9.17, 15) is 18.7 Å². The molecule has 0 spiro atoms. The molecule has 0 aliphatic heterocycles. The fraction of sp³-hybridized carbons (Fsp3) is 0.462. The van der Waals surface area contributed by atoms with Crippen molar-refractivity contribution in [3.63, 3.8) is 0 Å². The van der Waals surface area contributed by atoms with Gasteiger partial charge in [-0.2, -0.15) is 0 Å². The Labute approximate surface area is 104 Å². The highest BCUT2D eigenvalue weighted by Crippen LogP contribution is 2.19. The van der Waals surface area contributed by atoms with Gasteiger partial charge in [0, 0.05) is 11.6 Å². The predicted molar refractivity (Wildman–Crippen MR) is 62.1 cm³/mol. The summed E-state index contributed by atoms with van der Waals surface area (Å²) in [5, 5.41) is 12.3. The molecule has 98 valence electrons. The van der Waals surface area contributed by atoms with E-state index in [2.05, 4.69) is 5.32 Å². The Morgan fingerprint density at radius 1 is 1.17 bits per heavy atom. The third kappa shape index (κ3) is 3.04. The standard InChI is InChI=1S/C13H15F2NO2/c14-9-5-8(6-10(15)7-9)13(18)16-11-3-1-2-4-12(11)17/h5-7,11-12,17H,1-4H2,(H,16,18). The maximum Gasteiger partial charge on any atom is 0.251 e. The molecule has 1 aromatic rings. The summed E-state index contributed by atoms with van der Waals surface area (Å²) in [6, 6.07) is 2.34. The van der Waals surface area contributed by atoms with E-state index in [-0.39, 0.29) is 11.6 Å². The van der Waals surface area contributed by atoms with Crippen LogP contribution in [0, 0.1) is 11.6 Å². The number of rotatable bonds is 2. The molecule has 1 aromatic carbocycles. The Morgan fingerprint density at radius 3 is 2.39 bits per heavy atom. The van der Waals surface area contributed by atoms with E-state index in [1.54, 1.807) is 0 Å². The molecule has 18 heavy (non-hydrogen) atoms. The minimum absolute atomic E-state index is 0.0646. The van der Waals surface area contributed by atoms with Gasteiger partial charge in [-0.1, -0.05) is 12.8 Å². The van der Waals surface area contributed by atoms with Crippen molar-refractivity contribution >= 4 is 5.91 Å². The second-order valence-corrected chi connectivity index (χ2v) is 4.59. The molecular weight excluding hydrogens is 240 g/mol. The molecule has 0 bridgehead atoms. The number of carbonyl (C=O) groups excluding carboxylic acids is 1. The first kappa shape index (κ1) is 13.0. The van der Waals surface area contributed by atoms with Crippen LogP contribution in [0.4, 0.5) is 8.78 Å². The summed E-state index contributed by atoms with van der Waals surface area (Å²) in [5.74, 6) is -2.13. The quantitative estimate of drug-likeness (QED) is 0.849. The van der Waals surface area contributed by atoms with Gasteiger partial charge in [0.25, 0.3) is 5.91 Å². The molecule has 1 aliphatic rings. The number of hydrogen-bond acceptors (Lipinski definition) is 2. The van der Waals surface area contributed by atoms with Crippen molar-refractivity contribution in [2.24, 2.45) is 0 Å². The maximum absolute atomic E-state index is 13.0. The molecule has 1 aliphatic carbocycles. The van der Waals surface area contributed by atoms with Gasteiger partial charge < -0.3 is 10.4 Å². The Balaban J connectivity index is 2.06. The van der Waals surface area contributed by atoms with Gasteiger partial charge in [-0.05, 0) is 25.0 Å². The van der Waals surface area contributed by atoms with Crippen molar-refractivity contribution in [2.75, 3.05) is 0 Å². The molecule has 1 fully saturated rings. The second-order valence-electron chi connectivity index (χ2n) is 4.59. The lowest BCUT2D eigenvalue weighted by molar-refractivity contribution is 0.0716. The molecule has 0 radical (unpaired) electrons. The zero-order chi connectivity index (χ0) is 13.1. The lowest BCUT2D eigenvalue weighted by Crippen LogP contribution is -2.45. The van der Waals surface area contributed by atoms with Crippen LogP contribution in [0.5, 0.6) is 0 Å². The first-order valence-corrected chi connectivity index (χ1v) is 6.01. The average molecular weight is 255 g/mol. The zero-order valence-electron chi connectivity index (χ0n) is 9.83. The fourth-order valence-electron chi connectivity index (χ4n) is 2.22. The van der Waals surface area contributed by atoms with Crippen LogP contribution in [0.15, 0.2) is 18.2 Å². The van der Waals surface area contributed by atoms with Crippen LogP contribution in [0.2, 0.25) is 0 Å². The third-order valence-electron chi connectivity index (χ3n) is 3.17. The van der Waals surface area contributed by atoms with E-state index in [1.165, 1.54) is 0 Å². The van der Waals surface area contributed by atoms with Crippen LogP contribution in [0.25, 0.3) is 0 Å². The summed E-state index contributed by atoms with van der Waals surface area (Å²) in [7, 11) is 0. The number of nitrogens with one attached hydrogen (secondary N) is 1. The number of amides is 1. The third-order valence-corrected chi connectivity index (χ3v) is 3.17. The highest BCUT2D eigenvalue weighted by Gasteiger charge is 2.25. The monoisotopic (exact) mass is 255 g/mol. The van der Waals surface area contributed by atoms with Crippen LogP contribution in [-0.2, 0) is 0 Å². The number of benzene rings is 1. The summed E-state index contributed by atoms with van der Waals surface area (Å²) in [6.45, 7) is 0. The number of halogens is 2. The molecular formula is C13H15F2NO2. The van der Waals surface area contributed by atoms with Gasteiger partial charge in [-0.3, -0.25) is 4.79 Å². The summed E-state index contributed by atoms with van der Waals surface area (Å²) in [6.07, 6.45) is 2.61. The lowest BCUT2D eigenvalue weighted by atomic mass is 9.92. The van der Waals surface area contributed by atoms with E-state index in [1.807, 2.05) is 0 Å². The van der Waals surface area contributed by atoms with Gasteiger partial charge in [-0.15, -0.1) is 0 Å². The van der Waals surface area contributed by atoms with Crippen molar-refractivity contribution < 1.29 is 18.7 Å². The Bertz CT molecular complexity index is 430. The maximum atomic E-state index is 13.0. The van der Waals surface area contributed by atoms with E-state index < -0.39 is 23.6 Å². The minimum Gasteiger partial charge on any atom is -0.391 e. The summed E-state index contributed by atoms with van der Waals surface area (Å²) in [4.78, 5) is 11.8. The lowest BCUT2D eigenvalue weighted by Gasteiger charge is -2.28. The molecule has 1 amide bonds. The van der Waals surface area contributed by atoms with E-state index in [0.29, 0.717) is 18.9 Å². The van der Waals surface area contributed by atoms with Gasteiger partial charge in [0.05, 0.1) is 12.1 Å². The first-order valence-electron chi connectivity index (χ1n) is 6.01. The SMILES string of the molecule is O=C(NC1CCCCC1O)c1cc(F)cc(F)c1. The summed E-state index contributed by atoms with van der Waals surface area (Å²) >= 11 is 0. The molecule has 0 saturated heterocycles. The Morgan fingerprint density at radius 2 is 1.78 bits per heavy atom. The molecule has 0 heterocycles. The fourth-order valence-corrected chi connectivity index (χ4v) is 2.22. The smallest absolute Gasteiger partial charge is 0.251 e. The number of aliphatic hydroxyl groups excluding tert-OH is 1. The first-order chi connectivity index (χ1) is 8.56. The molecule has 2 rings (SSSR count). The van der Waals surface area contributed by atoms with Crippen LogP contribution in [0.3, 0.4) is 0 Å². The Kier molecular flexibility index (Phi) is 3.91. The highest BCUT2D eigenvalue weighted by atomic mass is 19.1. The van der Waals surface area contributed by atoms with Crippen molar-refractivity contribution in [2.45, 2.75) is 37.8 Å². The van der Waals surface area contributed by atoms with Crippen molar-refractivity contribution in [3.05, 3.63) is 35.4 Å². The Hall–Kier alpha value is -1.49. The highest BCUT2D eigenvalue weighted by molar-refractivity contribution is 5.94. The number of aliphatic hydroxyl groups is 1. The van der Waals surface area contributed by atoms with Gasteiger partial charge in [-0.25, -0.2) is 8.78 Å². The average Bonchev–Trinajstić information content (AvgIpc) is 2.31. The van der Waals surface area contributed by atoms with Gasteiger partial charge in [0.2, 0.25) is 0 Å². The topological polar surface area (TPSA) is 49.3 Å².